The van der Waals surface area contributed by atoms with E-state index < -0.39 is 0 Å². The van der Waals surface area contributed by atoms with Gasteiger partial charge in [0.25, 0.3) is 0 Å². The smallest absolute Gasteiger partial charge is 0.333 e. The fourth-order valence-corrected chi connectivity index (χ4v) is 2.57. The number of carbonyl (C=O) groups excluding carboxylic acids is 1. The highest BCUT2D eigenvalue weighted by Gasteiger charge is 2.35. The first-order valence-corrected chi connectivity index (χ1v) is 6.19. The molecule has 0 aromatic carbocycles. The lowest BCUT2D eigenvalue weighted by Crippen LogP contribution is -2.24. The lowest BCUT2D eigenvalue weighted by Gasteiger charge is -2.29. The van der Waals surface area contributed by atoms with Crippen LogP contribution < -0.4 is 0 Å². The first-order chi connectivity index (χ1) is 7.33. The zero-order valence-electron chi connectivity index (χ0n) is 11.0. The van der Waals surface area contributed by atoms with Crippen molar-refractivity contribution in [1.29, 1.82) is 0 Å². The highest BCUT2D eigenvalue weighted by molar-refractivity contribution is 5.87. The molecule has 0 radical (unpaired) electrons. The van der Waals surface area contributed by atoms with Gasteiger partial charge in [-0.05, 0) is 44.4 Å². The minimum absolute atomic E-state index is 0.00609. The average molecular weight is 224 g/mol. The van der Waals surface area contributed by atoms with E-state index in [1.807, 2.05) is 6.92 Å². The number of hydrogen-bond donors (Lipinski definition) is 0. The van der Waals surface area contributed by atoms with E-state index in [1.54, 1.807) is 6.92 Å². The van der Waals surface area contributed by atoms with Gasteiger partial charge in [-0.3, -0.25) is 0 Å². The third-order valence-electron chi connectivity index (χ3n) is 3.75. The lowest BCUT2D eigenvalue weighted by atomic mass is 9.79. The molecule has 2 unspecified atom stereocenters. The Labute approximate surface area is 99.1 Å². The minimum Gasteiger partial charge on any atom is -0.459 e. The van der Waals surface area contributed by atoms with Crippen molar-refractivity contribution in [3.8, 4) is 0 Å². The quantitative estimate of drug-likeness (QED) is 0.537. The third kappa shape index (κ3) is 3.36. The molecule has 0 N–H and O–H groups in total. The van der Waals surface area contributed by atoms with Crippen molar-refractivity contribution in [2.75, 3.05) is 0 Å². The van der Waals surface area contributed by atoms with Gasteiger partial charge in [-0.25, -0.2) is 4.79 Å². The summed E-state index contributed by atoms with van der Waals surface area (Å²) in [5.41, 5.74) is 0.890. The van der Waals surface area contributed by atoms with Crippen LogP contribution in [0.4, 0.5) is 0 Å². The molecule has 2 nitrogen and oxygen atoms in total. The van der Waals surface area contributed by atoms with Crippen LogP contribution in [-0.2, 0) is 9.53 Å². The summed E-state index contributed by atoms with van der Waals surface area (Å²) in [6.45, 7) is 11.9. The van der Waals surface area contributed by atoms with Gasteiger partial charge in [-0.15, -0.1) is 0 Å². The van der Waals surface area contributed by atoms with E-state index in [-0.39, 0.29) is 12.1 Å². The molecule has 1 rings (SSSR count). The largest absolute Gasteiger partial charge is 0.459 e. The minimum atomic E-state index is -0.261. The van der Waals surface area contributed by atoms with Crippen LogP contribution in [-0.4, -0.2) is 12.1 Å². The molecule has 0 spiro atoms. The summed E-state index contributed by atoms with van der Waals surface area (Å²) in [6.07, 6.45) is 4.84. The summed E-state index contributed by atoms with van der Waals surface area (Å²) in [6, 6.07) is 0. The Hall–Kier alpha value is -0.790. The fraction of sp³-hybridized carbons (Fsp3) is 0.786. The summed E-state index contributed by atoms with van der Waals surface area (Å²) in [5.74, 6) is 0.420. The molecule has 0 aliphatic heterocycles. The molecule has 0 heterocycles. The monoisotopic (exact) mass is 224 g/mol. The van der Waals surface area contributed by atoms with Gasteiger partial charge in [0.1, 0.15) is 0 Å². The second kappa shape index (κ2) is 5.03. The maximum Gasteiger partial charge on any atom is 0.333 e. The van der Waals surface area contributed by atoms with Crippen molar-refractivity contribution >= 4 is 5.97 Å². The number of ether oxygens (including phenoxy) is 1. The standard InChI is InChI=1S/C14H24O2/c1-10(2)13(15)16-11(3)9-12-7-6-8-14(12,4)5/h11-12H,1,6-9H2,2-5H3. The molecule has 1 saturated carbocycles. The number of carbonyl (C=O) groups is 1. The Bertz CT molecular complexity index is 278. The highest BCUT2D eigenvalue weighted by Crippen LogP contribution is 2.45. The summed E-state index contributed by atoms with van der Waals surface area (Å²) < 4.78 is 5.33. The second-order valence-corrected chi connectivity index (χ2v) is 5.81. The van der Waals surface area contributed by atoms with Crippen molar-refractivity contribution in [2.45, 2.75) is 59.5 Å². The Kier molecular flexibility index (Phi) is 4.17. The topological polar surface area (TPSA) is 26.3 Å². The molecular formula is C14H24O2. The van der Waals surface area contributed by atoms with Gasteiger partial charge in [-0.2, -0.15) is 0 Å². The molecule has 1 aliphatic rings. The van der Waals surface area contributed by atoms with Crippen LogP contribution in [0, 0.1) is 11.3 Å². The van der Waals surface area contributed by atoms with Crippen LogP contribution in [0.5, 0.6) is 0 Å². The molecule has 0 aromatic heterocycles. The predicted octanol–water partition coefficient (Wildman–Crippen LogP) is 3.71. The van der Waals surface area contributed by atoms with Gasteiger partial charge < -0.3 is 4.74 Å². The van der Waals surface area contributed by atoms with Gasteiger partial charge in [0.15, 0.2) is 0 Å². The molecule has 2 atom stereocenters. The number of hydrogen-bond acceptors (Lipinski definition) is 2. The summed E-state index contributed by atoms with van der Waals surface area (Å²) >= 11 is 0. The zero-order chi connectivity index (χ0) is 12.3. The van der Waals surface area contributed by atoms with E-state index in [2.05, 4.69) is 20.4 Å². The SMILES string of the molecule is C=C(C)C(=O)OC(C)CC1CCCC1(C)C. The number of rotatable bonds is 4. The van der Waals surface area contributed by atoms with Gasteiger partial charge in [0.2, 0.25) is 0 Å². The maximum atomic E-state index is 11.4. The van der Waals surface area contributed by atoms with Crippen molar-refractivity contribution in [3.05, 3.63) is 12.2 Å². The first kappa shape index (κ1) is 13.3. The van der Waals surface area contributed by atoms with Gasteiger partial charge >= 0.3 is 5.97 Å². The Balaban J connectivity index is 2.42. The van der Waals surface area contributed by atoms with E-state index in [1.165, 1.54) is 19.3 Å². The zero-order valence-corrected chi connectivity index (χ0v) is 11.0. The van der Waals surface area contributed by atoms with Crippen molar-refractivity contribution < 1.29 is 9.53 Å². The van der Waals surface area contributed by atoms with Crippen LogP contribution in [0.2, 0.25) is 0 Å². The fourth-order valence-electron chi connectivity index (χ4n) is 2.57. The van der Waals surface area contributed by atoms with Crippen LogP contribution in [0.1, 0.15) is 53.4 Å². The normalized spacial score (nSPS) is 25.1. The Morgan fingerprint density at radius 1 is 1.56 bits per heavy atom. The molecule has 1 aliphatic carbocycles. The first-order valence-electron chi connectivity index (χ1n) is 6.19. The van der Waals surface area contributed by atoms with Crippen LogP contribution in [0.3, 0.4) is 0 Å². The van der Waals surface area contributed by atoms with Crippen LogP contribution >= 0.6 is 0 Å². The maximum absolute atomic E-state index is 11.4. The summed E-state index contributed by atoms with van der Waals surface area (Å²) in [4.78, 5) is 11.4. The summed E-state index contributed by atoms with van der Waals surface area (Å²) in [7, 11) is 0. The Morgan fingerprint density at radius 2 is 2.19 bits per heavy atom. The molecule has 16 heavy (non-hydrogen) atoms. The van der Waals surface area contributed by atoms with Crippen LogP contribution in [0.25, 0.3) is 0 Å². The van der Waals surface area contributed by atoms with Gasteiger partial charge in [0.05, 0.1) is 6.10 Å². The van der Waals surface area contributed by atoms with E-state index in [0.717, 1.165) is 6.42 Å². The summed E-state index contributed by atoms with van der Waals surface area (Å²) in [5, 5.41) is 0. The third-order valence-corrected chi connectivity index (χ3v) is 3.75. The number of esters is 1. The molecular weight excluding hydrogens is 200 g/mol. The molecule has 92 valence electrons. The van der Waals surface area contributed by atoms with Crippen molar-refractivity contribution in [2.24, 2.45) is 11.3 Å². The lowest BCUT2D eigenvalue weighted by molar-refractivity contribution is -0.144. The van der Waals surface area contributed by atoms with Crippen LogP contribution in [0.15, 0.2) is 12.2 Å². The molecule has 0 aromatic rings. The molecule has 0 bridgehead atoms. The predicted molar refractivity (Wildman–Crippen MR) is 66.1 cm³/mol. The van der Waals surface area contributed by atoms with E-state index in [0.29, 0.717) is 16.9 Å². The Morgan fingerprint density at radius 3 is 2.62 bits per heavy atom. The van der Waals surface area contributed by atoms with Crippen molar-refractivity contribution in [1.82, 2.24) is 0 Å². The van der Waals surface area contributed by atoms with Crippen molar-refractivity contribution in [3.63, 3.8) is 0 Å². The van der Waals surface area contributed by atoms with E-state index in [9.17, 15) is 4.79 Å². The molecule has 2 heteroatoms. The average Bonchev–Trinajstić information content (AvgIpc) is 2.45. The second-order valence-electron chi connectivity index (χ2n) is 5.81. The highest BCUT2D eigenvalue weighted by atomic mass is 16.5. The van der Waals surface area contributed by atoms with E-state index in [4.69, 9.17) is 4.74 Å². The molecule has 0 saturated heterocycles. The van der Waals surface area contributed by atoms with Gasteiger partial charge in [0, 0.05) is 5.57 Å². The van der Waals surface area contributed by atoms with E-state index >= 15 is 0 Å². The van der Waals surface area contributed by atoms with Gasteiger partial charge in [-0.1, -0.05) is 26.8 Å². The molecule has 1 fully saturated rings. The molecule has 0 amide bonds.